The van der Waals surface area contributed by atoms with E-state index in [0.717, 1.165) is 17.9 Å². The highest BCUT2D eigenvalue weighted by molar-refractivity contribution is 7.90. The molecule has 2 aromatic carbocycles. The van der Waals surface area contributed by atoms with E-state index in [-0.39, 0.29) is 11.5 Å². The molecule has 1 aliphatic heterocycles. The van der Waals surface area contributed by atoms with E-state index in [9.17, 15) is 17.6 Å². The van der Waals surface area contributed by atoms with E-state index in [0.29, 0.717) is 22.3 Å². The molecule has 0 saturated heterocycles. The minimum absolute atomic E-state index is 0.0275. The third-order valence-electron chi connectivity index (χ3n) is 3.87. The predicted molar refractivity (Wildman–Crippen MR) is 88.5 cm³/mol. The van der Waals surface area contributed by atoms with Crippen molar-refractivity contribution >= 4 is 27.0 Å². The van der Waals surface area contributed by atoms with Gasteiger partial charge < -0.3 is 4.74 Å². The number of sulfone groups is 1. The van der Waals surface area contributed by atoms with E-state index < -0.39 is 21.6 Å². The molecule has 0 saturated carbocycles. The van der Waals surface area contributed by atoms with E-state index >= 15 is 0 Å². The first-order valence-corrected chi connectivity index (χ1v) is 9.14. The number of hydrogen-bond acceptors (Lipinski definition) is 4. The lowest BCUT2D eigenvalue weighted by molar-refractivity contribution is -0.133. The molecule has 0 atom stereocenters. The Morgan fingerprint density at radius 3 is 2.25 bits per heavy atom. The standard InChI is InChI=1S/C18H15FO4S/c1-11-3-5-12(6-4-11)17-14(10-23-18(17)20)13-7-8-16(15(19)9-13)24(2,21)22/h3-9H,10H2,1-2H3. The monoisotopic (exact) mass is 346 g/mol. The predicted octanol–water partition coefficient (Wildman–Crippen LogP) is 3.01. The van der Waals surface area contributed by atoms with Crippen molar-refractivity contribution in [2.45, 2.75) is 11.8 Å². The SMILES string of the molecule is Cc1ccc(C2=C(c3ccc(S(C)(=O)=O)c(F)c3)COC2=O)cc1. The number of halogens is 1. The van der Waals surface area contributed by atoms with Crippen LogP contribution in [0.4, 0.5) is 4.39 Å². The van der Waals surface area contributed by atoms with E-state index in [4.69, 9.17) is 4.74 Å². The quantitative estimate of drug-likeness (QED) is 0.802. The lowest BCUT2D eigenvalue weighted by atomic mass is 9.96. The first-order chi connectivity index (χ1) is 11.3. The molecule has 1 aliphatic rings. The number of rotatable bonds is 3. The average molecular weight is 346 g/mol. The second-order valence-electron chi connectivity index (χ2n) is 5.71. The van der Waals surface area contributed by atoms with Gasteiger partial charge in [-0.1, -0.05) is 35.9 Å². The molecule has 0 radical (unpaired) electrons. The fourth-order valence-corrected chi connectivity index (χ4v) is 3.36. The molecule has 0 amide bonds. The number of cyclic esters (lactones) is 1. The van der Waals surface area contributed by atoms with Crippen molar-refractivity contribution in [1.29, 1.82) is 0 Å². The number of carbonyl (C=O) groups is 1. The molecule has 1 heterocycles. The van der Waals surface area contributed by atoms with Crippen molar-refractivity contribution in [2.75, 3.05) is 12.9 Å². The maximum absolute atomic E-state index is 14.2. The lowest BCUT2D eigenvalue weighted by Gasteiger charge is -2.07. The smallest absolute Gasteiger partial charge is 0.339 e. The van der Waals surface area contributed by atoms with Gasteiger partial charge in [-0.25, -0.2) is 17.6 Å². The van der Waals surface area contributed by atoms with Gasteiger partial charge in [-0.2, -0.15) is 0 Å². The van der Waals surface area contributed by atoms with Gasteiger partial charge in [0.05, 0.1) is 5.57 Å². The Bertz CT molecular complexity index is 957. The van der Waals surface area contributed by atoms with Gasteiger partial charge in [0.15, 0.2) is 9.84 Å². The minimum Gasteiger partial charge on any atom is -0.457 e. The van der Waals surface area contributed by atoms with Crippen LogP contribution in [0.2, 0.25) is 0 Å². The first kappa shape index (κ1) is 16.4. The summed E-state index contributed by atoms with van der Waals surface area (Å²) in [6.07, 6.45) is 0.949. The Labute approximate surface area is 139 Å². The summed E-state index contributed by atoms with van der Waals surface area (Å²) < 4.78 is 42.3. The fourth-order valence-electron chi connectivity index (χ4n) is 2.63. The van der Waals surface area contributed by atoms with Gasteiger partial charge in [-0.3, -0.25) is 0 Å². The van der Waals surface area contributed by atoms with Crippen molar-refractivity contribution in [1.82, 2.24) is 0 Å². The summed E-state index contributed by atoms with van der Waals surface area (Å²) in [6, 6.07) is 11.2. The van der Waals surface area contributed by atoms with Gasteiger partial charge in [0.1, 0.15) is 17.3 Å². The first-order valence-electron chi connectivity index (χ1n) is 7.24. The highest BCUT2D eigenvalue weighted by Crippen LogP contribution is 2.34. The summed E-state index contributed by atoms with van der Waals surface area (Å²) >= 11 is 0. The summed E-state index contributed by atoms with van der Waals surface area (Å²) in [7, 11) is -3.64. The Morgan fingerprint density at radius 1 is 1.04 bits per heavy atom. The Morgan fingerprint density at radius 2 is 1.67 bits per heavy atom. The molecule has 0 aromatic heterocycles. The van der Waals surface area contributed by atoms with Gasteiger partial charge in [0, 0.05) is 11.8 Å². The molecular formula is C18H15FO4S. The topological polar surface area (TPSA) is 60.4 Å². The highest BCUT2D eigenvalue weighted by Gasteiger charge is 2.28. The molecule has 2 aromatic rings. The minimum atomic E-state index is -3.64. The van der Waals surface area contributed by atoms with Crippen LogP contribution in [-0.4, -0.2) is 27.2 Å². The van der Waals surface area contributed by atoms with Crippen molar-refractivity contribution in [3.8, 4) is 0 Å². The second kappa shape index (κ2) is 5.87. The van der Waals surface area contributed by atoms with Crippen LogP contribution in [-0.2, 0) is 19.4 Å². The number of hydrogen-bond donors (Lipinski definition) is 0. The van der Waals surface area contributed by atoms with Crippen LogP contribution in [0.15, 0.2) is 47.4 Å². The summed E-state index contributed by atoms with van der Waals surface area (Å²) in [6.45, 7) is 1.96. The van der Waals surface area contributed by atoms with Crippen molar-refractivity contribution in [2.24, 2.45) is 0 Å². The normalized spacial score (nSPS) is 14.9. The molecule has 0 bridgehead atoms. The molecule has 0 fully saturated rings. The van der Waals surface area contributed by atoms with Crippen LogP contribution < -0.4 is 0 Å². The van der Waals surface area contributed by atoms with Gasteiger partial charge in [0.25, 0.3) is 0 Å². The lowest BCUT2D eigenvalue weighted by Crippen LogP contribution is -2.02. The van der Waals surface area contributed by atoms with Gasteiger partial charge in [-0.05, 0) is 30.2 Å². The average Bonchev–Trinajstić information content (AvgIpc) is 2.88. The summed E-state index contributed by atoms with van der Waals surface area (Å²) in [5.74, 6) is -1.31. The van der Waals surface area contributed by atoms with E-state index in [1.165, 1.54) is 12.1 Å². The van der Waals surface area contributed by atoms with Crippen LogP contribution in [0, 0.1) is 12.7 Å². The maximum Gasteiger partial charge on any atom is 0.339 e. The molecule has 6 heteroatoms. The number of ether oxygens (including phenoxy) is 1. The van der Waals surface area contributed by atoms with E-state index in [1.54, 1.807) is 12.1 Å². The fraction of sp³-hybridized carbons (Fsp3) is 0.167. The Kier molecular flexibility index (Phi) is 4.01. The molecule has 0 spiro atoms. The van der Waals surface area contributed by atoms with Gasteiger partial charge in [0.2, 0.25) is 0 Å². The zero-order chi connectivity index (χ0) is 17.5. The maximum atomic E-state index is 14.2. The largest absolute Gasteiger partial charge is 0.457 e. The number of benzene rings is 2. The summed E-state index contributed by atoms with van der Waals surface area (Å²) in [5, 5.41) is 0. The van der Waals surface area contributed by atoms with E-state index in [2.05, 4.69) is 0 Å². The zero-order valence-electron chi connectivity index (χ0n) is 13.2. The number of esters is 1. The molecule has 4 nitrogen and oxygen atoms in total. The molecular weight excluding hydrogens is 331 g/mol. The Balaban J connectivity index is 2.14. The molecule has 0 unspecified atom stereocenters. The molecule has 0 aliphatic carbocycles. The van der Waals surface area contributed by atoms with Crippen molar-refractivity contribution < 1.29 is 22.3 Å². The molecule has 24 heavy (non-hydrogen) atoms. The Hall–Kier alpha value is -2.47. The third-order valence-corrected chi connectivity index (χ3v) is 5.00. The van der Waals surface area contributed by atoms with Crippen molar-refractivity contribution in [3.05, 3.63) is 65.0 Å². The number of carbonyl (C=O) groups excluding carboxylic acids is 1. The van der Waals surface area contributed by atoms with E-state index in [1.807, 2.05) is 19.1 Å². The molecule has 124 valence electrons. The molecule has 3 rings (SSSR count). The van der Waals surface area contributed by atoms with Crippen LogP contribution in [0.3, 0.4) is 0 Å². The highest BCUT2D eigenvalue weighted by atomic mass is 32.2. The number of aryl methyl sites for hydroxylation is 1. The summed E-state index contributed by atoms with van der Waals surface area (Å²) in [5.41, 5.74) is 3.09. The van der Waals surface area contributed by atoms with Gasteiger partial charge >= 0.3 is 5.97 Å². The second-order valence-corrected chi connectivity index (χ2v) is 7.70. The molecule has 0 N–H and O–H groups in total. The van der Waals surface area contributed by atoms with Gasteiger partial charge in [-0.15, -0.1) is 0 Å². The third kappa shape index (κ3) is 2.97. The van der Waals surface area contributed by atoms with Crippen LogP contribution >= 0.6 is 0 Å². The van der Waals surface area contributed by atoms with Crippen LogP contribution in [0.5, 0.6) is 0 Å². The zero-order valence-corrected chi connectivity index (χ0v) is 14.0. The van der Waals surface area contributed by atoms with Crippen molar-refractivity contribution in [3.63, 3.8) is 0 Å². The van der Waals surface area contributed by atoms with Crippen LogP contribution in [0.25, 0.3) is 11.1 Å². The summed E-state index contributed by atoms with van der Waals surface area (Å²) in [4.78, 5) is 11.7. The van der Waals surface area contributed by atoms with Crippen LogP contribution in [0.1, 0.15) is 16.7 Å².